The maximum Gasteiger partial charge on any atom is 0.326 e. The van der Waals surface area contributed by atoms with Crippen LogP contribution in [-0.2, 0) is 9.53 Å². The van der Waals surface area contributed by atoms with Crippen LogP contribution in [0.1, 0.15) is 44.3 Å². The predicted molar refractivity (Wildman–Crippen MR) is 77.2 cm³/mol. The van der Waals surface area contributed by atoms with Gasteiger partial charge in [0.05, 0.1) is 12.7 Å². The standard InChI is InChI=1S/C16H23NO3/c1-2-20-15(19)16(10-6-7-11-16)17-12-14(18)13-8-4-3-5-9-13/h3-5,8-9,14,17-18H,2,6-7,10-12H2,1H3. The molecule has 1 unspecified atom stereocenters. The van der Waals surface area contributed by atoms with E-state index in [1.165, 1.54) is 0 Å². The molecule has 4 nitrogen and oxygen atoms in total. The number of hydrogen-bond donors (Lipinski definition) is 2. The number of carbonyl (C=O) groups excluding carboxylic acids is 1. The van der Waals surface area contributed by atoms with Gasteiger partial charge < -0.3 is 9.84 Å². The average Bonchev–Trinajstić information content (AvgIpc) is 2.96. The number of β-amino-alcohol motifs (C(OH)–C–C–N with tert-alkyl or cyclic N) is 1. The summed E-state index contributed by atoms with van der Waals surface area (Å²) in [5.41, 5.74) is 0.253. The highest BCUT2D eigenvalue weighted by molar-refractivity contribution is 5.81. The summed E-state index contributed by atoms with van der Waals surface area (Å²) in [6, 6.07) is 9.49. The number of aliphatic hydroxyl groups is 1. The molecule has 0 bridgehead atoms. The summed E-state index contributed by atoms with van der Waals surface area (Å²) in [4.78, 5) is 12.1. The van der Waals surface area contributed by atoms with Crippen LogP contribution in [0, 0.1) is 0 Å². The van der Waals surface area contributed by atoms with Gasteiger partial charge in [0.1, 0.15) is 5.54 Å². The fourth-order valence-corrected chi connectivity index (χ4v) is 2.79. The molecule has 0 heterocycles. The van der Waals surface area contributed by atoms with E-state index < -0.39 is 11.6 Å². The van der Waals surface area contributed by atoms with E-state index in [4.69, 9.17) is 4.74 Å². The highest BCUT2D eigenvalue weighted by Gasteiger charge is 2.42. The van der Waals surface area contributed by atoms with E-state index in [0.29, 0.717) is 13.2 Å². The molecule has 1 aromatic carbocycles. The smallest absolute Gasteiger partial charge is 0.326 e. The third-order valence-corrected chi connectivity index (χ3v) is 3.94. The number of ether oxygens (including phenoxy) is 1. The van der Waals surface area contributed by atoms with Gasteiger partial charge in [-0.2, -0.15) is 0 Å². The second-order valence-corrected chi connectivity index (χ2v) is 5.32. The van der Waals surface area contributed by atoms with E-state index in [2.05, 4.69) is 5.32 Å². The van der Waals surface area contributed by atoms with Crippen molar-refractivity contribution in [1.29, 1.82) is 0 Å². The fraction of sp³-hybridized carbons (Fsp3) is 0.562. The van der Waals surface area contributed by atoms with Crippen molar-refractivity contribution in [2.75, 3.05) is 13.2 Å². The first-order valence-corrected chi connectivity index (χ1v) is 7.33. The van der Waals surface area contributed by atoms with Gasteiger partial charge in [0, 0.05) is 6.54 Å². The van der Waals surface area contributed by atoms with Crippen molar-refractivity contribution in [3.05, 3.63) is 35.9 Å². The Morgan fingerprint density at radius 2 is 2.00 bits per heavy atom. The van der Waals surface area contributed by atoms with E-state index in [9.17, 15) is 9.90 Å². The minimum absolute atomic E-state index is 0.183. The van der Waals surface area contributed by atoms with E-state index in [0.717, 1.165) is 31.2 Å². The minimum atomic E-state index is -0.608. The first kappa shape index (κ1) is 15.0. The molecule has 1 aromatic rings. The number of esters is 1. The van der Waals surface area contributed by atoms with Crippen LogP contribution in [0.5, 0.6) is 0 Å². The molecule has 20 heavy (non-hydrogen) atoms. The summed E-state index contributed by atoms with van der Waals surface area (Å²) < 4.78 is 5.18. The third-order valence-electron chi connectivity index (χ3n) is 3.94. The first-order valence-electron chi connectivity index (χ1n) is 7.33. The highest BCUT2D eigenvalue weighted by Crippen LogP contribution is 2.31. The summed E-state index contributed by atoms with van der Waals surface area (Å²) in [7, 11) is 0. The summed E-state index contributed by atoms with van der Waals surface area (Å²) >= 11 is 0. The number of hydrogen-bond acceptors (Lipinski definition) is 4. The van der Waals surface area contributed by atoms with Gasteiger partial charge in [-0.1, -0.05) is 43.2 Å². The Morgan fingerprint density at radius 1 is 1.35 bits per heavy atom. The molecule has 110 valence electrons. The molecule has 1 aliphatic rings. The SMILES string of the molecule is CCOC(=O)C1(NCC(O)c2ccccc2)CCCC1. The predicted octanol–water partition coefficient (Wildman–Crippen LogP) is 2.19. The van der Waals surface area contributed by atoms with E-state index >= 15 is 0 Å². The Labute approximate surface area is 120 Å². The number of benzene rings is 1. The maximum atomic E-state index is 12.1. The molecule has 0 saturated heterocycles. The van der Waals surface area contributed by atoms with Crippen LogP contribution < -0.4 is 5.32 Å². The van der Waals surface area contributed by atoms with Gasteiger partial charge in [-0.3, -0.25) is 10.1 Å². The molecule has 2 rings (SSSR count). The maximum absolute atomic E-state index is 12.1. The van der Waals surface area contributed by atoms with Crippen molar-refractivity contribution >= 4 is 5.97 Å². The molecular formula is C16H23NO3. The zero-order chi connectivity index (χ0) is 14.4. The number of aliphatic hydroxyl groups excluding tert-OH is 1. The third kappa shape index (κ3) is 3.38. The van der Waals surface area contributed by atoms with Crippen molar-refractivity contribution < 1.29 is 14.6 Å². The molecular weight excluding hydrogens is 254 g/mol. The molecule has 1 atom stereocenters. The van der Waals surface area contributed by atoms with Crippen LogP contribution in [0.3, 0.4) is 0 Å². The number of rotatable bonds is 6. The Morgan fingerprint density at radius 3 is 2.60 bits per heavy atom. The highest BCUT2D eigenvalue weighted by atomic mass is 16.5. The van der Waals surface area contributed by atoms with Crippen molar-refractivity contribution in [3.63, 3.8) is 0 Å². The van der Waals surface area contributed by atoms with Gasteiger partial charge in [0.2, 0.25) is 0 Å². The number of nitrogens with one attached hydrogen (secondary N) is 1. The lowest BCUT2D eigenvalue weighted by molar-refractivity contribution is -0.151. The zero-order valence-corrected chi connectivity index (χ0v) is 12.0. The van der Waals surface area contributed by atoms with Gasteiger partial charge in [0.15, 0.2) is 0 Å². The van der Waals surface area contributed by atoms with Crippen LogP contribution in [-0.4, -0.2) is 29.8 Å². The van der Waals surface area contributed by atoms with Crippen molar-refractivity contribution in [2.45, 2.75) is 44.2 Å². The van der Waals surface area contributed by atoms with Crippen molar-refractivity contribution in [2.24, 2.45) is 0 Å². The molecule has 0 spiro atoms. The Hall–Kier alpha value is -1.39. The molecule has 0 aromatic heterocycles. The Kier molecular flexibility index (Phi) is 5.15. The van der Waals surface area contributed by atoms with Crippen LogP contribution in [0.15, 0.2) is 30.3 Å². The van der Waals surface area contributed by atoms with Crippen LogP contribution >= 0.6 is 0 Å². The van der Waals surface area contributed by atoms with Gasteiger partial charge in [0.25, 0.3) is 0 Å². The zero-order valence-electron chi connectivity index (χ0n) is 12.0. The van der Waals surface area contributed by atoms with Crippen LogP contribution in [0.2, 0.25) is 0 Å². The van der Waals surface area contributed by atoms with E-state index in [1.54, 1.807) is 0 Å². The summed E-state index contributed by atoms with van der Waals surface area (Å²) in [6.07, 6.45) is 3.00. The molecule has 0 radical (unpaired) electrons. The molecule has 1 aliphatic carbocycles. The monoisotopic (exact) mass is 277 g/mol. The lowest BCUT2D eigenvalue weighted by Gasteiger charge is -2.29. The quantitative estimate of drug-likeness (QED) is 0.783. The normalized spacial score (nSPS) is 18.7. The molecule has 1 fully saturated rings. The van der Waals surface area contributed by atoms with E-state index in [1.807, 2.05) is 37.3 Å². The summed E-state index contributed by atoms with van der Waals surface area (Å²) in [5.74, 6) is -0.183. The second kappa shape index (κ2) is 6.86. The molecule has 0 amide bonds. The molecule has 4 heteroatoms. The molecule has 1 saturated carbocycles. The Balaban J connectivity index is 1.97. The lowest BCUT2D eigenvalue weighted by atomic mass is 9.97. The number of carbonyl (C=O) groups is 1. The second-order valence-electron chi connectivity index (χ2n) is 5.32. The van der Waals surface area contributed by atoms with Gasteiger partial charge in [-0.15, -0.1) is 0 Å². The van der Waals surface area contributed by atoms with Gasteiger partial charge >= 0.3 is 5.97 Å². The van der Waals surface area contributed by atoms with Crippen molar-refractivity contribution in [1.82, 2.24) is 5.32 Å². The topological polar surface area (TPSA) is 58.6 Å². The fourth-order valence-electron chi connectivity index (χ4n) is 2.79. The van der Waals surface area contributed by atoms with Crippen LogP contribution in [0.25, 0.3) is 0 Å². The van der Waals surface area contributed by atoms with E-state index in [-0.39, 0.29) is 5.97 Å². The minimum Gasteiger partial charge on any atom is -0.465 e. The summed E-state index contributed by atoms with van der Waals surface area (Å²) in [5, 5.41) is 13.4. The Bertz CT molecular complexity index is 427. The van der Waals surface area contributed by atoms with Crippen LogP contribution in [0.4, 0.5) is 0 Å². The molecule has 0 aliphatic heterocycles. The average molecular weight is 277 g/mol. The van der Waals surface area contributed by atoms with Gasteiger partial charge in [-0.25, -0.2) is 0 Å². The van der Waals surface area contributed by atoms with Crippen molar-refractivity contribution in [3.8, 4) is 0 Å². The lowest BCUT2D eigenvalue weighted by Crippen LogP contribution is -2.52. The first-order chi connectivity index (χ1) is 9.68. The largest absolute Gasteiger partial charge is 0.465 e. The molecule has 2 N–H and O–H groups in total. The summed E-state index contributed by atoms with van der Waals surface area (Å²) in [6.45, 7) is 2.58. The van der Waals surface area contributed by atoms with Gasteiger partial charge in [-0.05, 0) is 25.3 Å².